The van der Waals surface area contributed by atoms with Crippen molar-refractivity contribution < 1.29 is 5.11 Å². The number of aliphatic hydroxyl groups excluding tert-OH is 1. The first-order chi connectivity index (χ1) is 8.58. The number of aryl methyl sites for hydroxylation is 1. The van der Waals surface area contributed by atoms with Crippen LogP contribution in [0.5, 0.6) is 0 Å². The zero-order valence-corrected chi connectivity index (χ0v) is 12.3. The van der Waals surface area contributed by atoms with Crippen molar-refractivity contribution in [1.82, 2.24) is 5.32 Å². The van der Waals surface area contributed by atoms with Gasteiger partial charge in [0.1, 0.15) is 0 Å². The third kappa shape index (κ3) is 4.60. The number of aliphatic hydroxyl groups is 1. The summed E-state index contributed by atoms with van der Waals surface area (Å²) < 4.78 is 0. The summed E-state index contributed by atoms with van der Waals surface area (Å²) in [6.45, 7) is 2.02. The van der Waals surface area contributed by atoms with Crippen LogP contribution in [-0.2, 0) is 0 Å². The van der Waals surface area contributed by atoms with Crippen molar-refractivity contribution in [2.45, 2.75) is 44.6 Å². The molecule has 2 nitrogen and oxygen atoms in total. The van der Waals surface area contributed by atoms with Gasteiger partial charge in [0.15, 0.2) is 0 Å². The SMILES string of the molecule is CNC.Cc1ccc(C2CCCC(O)C2)cc1Cl. The summed E-state index contributed by atoms with van der Waals surface area (Å²) >= 11 is 6.11. The first-order valence-corrected chi connectivity index (χ1v) is 6.98. The first kappa shape index (κ1) is 15.5. The zero-order chi connectivity index (χ0) is 13.5. The largest absolute Gasteiger partial charge is 0.393 e. The van der Waals surface area contributed by atoms with Crippen LogP contribution in [0.3, 0.4) is 0 Å². The summed E-state index contributed by atoms with van der Waals surface area (Å²) in [7, 11) is 3.75. The Morgan fingerprint density at radius 3 is 2.50 bits per heavy atom. The Kier molecular flexibility index (Phi) is 6.69. The Hall–Kier alpha value is -0.570. The van der Waals surface area contributed by atoms with Gasteiger partial charge in [-0.1, -0.05) is 30.2 Å². The van der Waals surface area contributed by atoms with E-state index in [4.69, 9.17) is 11.6 Å². The standard InChI is InChI=1S/C13H17ClO.C2H7N/c1-9-5-6-11(8-13(9)14)10-3-2-4-12(15)7-10;1-3-2/h5-6,8,10,12,15H,2-4,7H2,1H3;3H,1-2H3. The van der Waals surface area contributed by atoms with Gasteiger partial charge in [0.2, 0.25) is 0 Å². The lowest BCUT2D eigenvalue weighted by atomic mass is 9.82. The van der Waals surface area contributed by atoms with Crippen molar-refractivity contribution in [3.63, 3.8) is 0 Å². The van der Waals surface area contributed by atoms with Crippen LogP contribution in [0.25, 0.3) is 0 Å². The van der Waals surface area contributed by atoms with E-state index in [0.29, 0.717) is 5.92 Å². The topological polar surface area (TPSA) is 32.3 Å². The van der Waals surface area contributed by atoms with Crippen LogP contribution < -0.4 is 5.32 Å². The molecule has 0 amide bonds. The van der Waals surface area contributed by atoms with Crippen LogP contribution in [0.4, 0.5) is 0 Å². The fourth-order valence-electron chi connectivity index (χ4n) is 2.33. The van der Waals surface area contributed by atoms with E-state index in [0.717, 1.165) is 29.8 Å². The summed E-state index contributed by atoms with van der Waals surface area (Å²) in [5.74, 6) is 0.492. The third-order valence-electron chi connectivity index (χ3n) is 3.31. The molecular weight excluding hydrogens is 246 g/mol. The molecule has 0 aromatic heterocycles. The lowest BCUT2D eigenvalue weighted by Gasteiger charge is -2.26. The van der Waals surface area contributed by atoms with Gasteiger partial charge in [0.05, 0.1) is 6.10 Å². The van der Waals surface area contributed by atoms with E-state index in [1.54, 1.807) is 0 Å². The lowest BCUT2D eigenvalue weighted by molar-refractivity contribution is 0.119. The molecule has 1 aliphatic carbocycles. The van der Waals surface area contributed by atoms with Gasteiger partial charge < -0.3 is 10.4 Å². The molecule has 0 saturated heterocycles. The highest BCUT2D eigenvalue weighted by atomic mass is 35.5. The first-order valence-electron chi connectivity index (χ1n) is 6.61. The number of hydrogen-bond acceptors (Lipinski definition) is 2. The number of benzene rings is 1. The van der Waals surface area contributed by atoms with Gasteiger partial charge >= 0.3 is 0 Å². The summed E-state index contributed by atoms with van der Waals surface area (Å²) in [4.78, 5) is 0. The smallest absolute Gasteiger partial charge is 0.0546 e. The third-order valence-corrected chi connectivity index (χ3v) is 3.72. The molecule has 0 bridgehead atoms. The van der Waals surface area contributed by atoms with Crippen molar-refractivity contribution in [2.75, 3.05) is 14.1 Å². The fourth-order valence-corrected chi connectivity index (χ4v) is 2.52. The van der Waals surface area contributed by atoms with Gasteiger partial charge in [-0.05, 0) is 63.4 Å². The molecular formula is C15H24ClNO. The van der Waals surface area contributed by atoms with Crippen molar-refractivity contribution in [3.05, 3.63) is 34.3 Å². The summed E-state index contributed by atoms with van der Waals surface area (Å²) in [6.07, 6.45) is 4.02. The predicted molar refractivity (Wildman–Crippen MR) is 78.4 cm³/mol. The van der Waals surface area contributed by atoms with Gasteiger partial charge in [-0.25, -0.2) is 0 Å². The molecule has 2 unspecified atom stereocenters. The van der Waals surface area contributed by atoms with E-state index in [-0.39, 0.29) is 6.10 Å². The van der Waals surface area contributed by atoms with Crippen LogP contribution in [0.15, 0.2) is 18.2 Å². The number of hydrogen-bond donors (Lipinski definition) is 2. The molecule has 1 aliphatic rings. The molecule has 2 rings (SSSR count). The Labute approximate surface area is 115 Å². The van der Waals surface area contributed by atoms with Crippen LogP contribution in [0.2, 0.25) is 5.02 Å². The normalized spacial score (nSPS) is 23.2. The van der Waals surface area contributed by atoms with Crippen molar-refractivity contribution in [1.29, 1.82) is 0 Å². The van der Waals surface area contributed by atoms with E-state index in [9.17, 15) is 5.11 Å². The average molecular weight is 270 g/mol. The maximum atomic E-state index is 9.63. The van der Waals surface area contributed by atoms with Gasteiger partial charge in [0, 0.05) is 5.02 Å². The van der Waals surface area contributed by atoms with Crippen LogP contribution in [0, 0.1) is 6.92 Å². The molecule has 1 aromatic rings. The molecule has 102 valence electrons. The maximum Gasteiger partial charge on any atom is 0.0546 e. The fraction of sp³-hybridized carbons (Fsp3) is 0.600. The quantitative estimate of drug-likeness (QED) is 0.818. The molecule has 1 fully saturated rings. The van der Waals surface area contributed by atoms with E-state index in [2.05, 4.69) is 23.5 Å². The van der Waals surface area contributed by atoms with Gasteiger partial charge in [-0.3, -0.25) is 0 Å². The summed E-state index contributed by atoms with van der Waals surface area (Å²) in [5, 5.41) is 13.2. The molecule has 1 aromatic carbocycles. The van der Waals surface area contributed by atoms with E-state index >= 15 is 0 Å². The summed E-state index contributed by atoms with van der Waals surface area (Å²) in [6, 6.07) is 6.27. The number of rotatable bonds is 1. The van der Waals surface area contributed by atoms with E-state index in [1.165, 1.54) is 12.0 Å². The Morgan fingerprint density at radius 2 is 1.94 bits per heavy atom. The minimum atomic E-state index is -0.121. The highest BCUT2D eigenvalue weighted by molar-refractivity contribution is 6.31. The van der Waals surface area contributed by atoms with Crippen molar-refractivity contribution >= 4 is 11.6 Å². The molecule has 0 heterocycles. The second-order valence-corrected chi connectivity index (χ2v) is 5.43. The minimum Gasteiger partial charge on any atom is -0.393 e. The molecule has 0 spiro atoms. The number of nitrogens with one attached hydrogen (secondary N) is 1. The second-order valence-electron chi connectivity index (χ2n) is 5.03. The van der Waals surface area contributed by atoms with Gasteiger partial charge in [-0.2, -0.15) is 0 Å². The average Bonchev–Trinajstić information content (AvgIpc) is 2.34. The Bertz CT molecular complexity index is 368. The van der Waals surface area contributed by atoms with E-state index in [1.807, 2.05) is 21.0 Å². The second kappa shape index (κ2) is 7.78. The Morgan fingerprint density at radius 1 is 1.28 bits per heavy atom. The van der Waals surface area contributed by atoms with Crippen LogP contribution in [-0.4, -0.2) is 25.3 Å². The van der Waals surface area contributed by atoms with Crippen molar-refractivity contribution in [2.24, 2.45) is 0 Å². The summed E-state index contributed by atoms with van der Waals surface area (Å²) in [5.41, 5.74) is 2.40. The van der Waals surface area contributed by atoms with E-state index < -0.39 is 0 Å². The predicted octanol–water partition coefficient (Wildman–Crippen LogP) is 3.50. The Balaban J connectivity index is 0.000000492. The van der Waals surface area contributed by atoms with Gasteiger partial charge in [-0.15, -0.1) is 0 Å². The lowest BCUT2D eigenvalue weighted by Crippen LogP contribution is -2.18. The monoisotopic (exact) mass is 269 g/mol. The molecule has 18 heavy (non-hydrogen) atoms. The molecule has 1 saturated carbocycles. The molecule has 0 aliphatic heterocycles. The number of halogens is 1. The van der Waals surface area contributed by atoms with Gasteiger partial charge in [0.25, 0.3) is 0 Å². The van der Waals surface area contributed by atoms with Crippen molar-refractivity contribution in [3.8, 4) is 0 Å². The molecule has 2 N–H and O–H groups in total. The molecule has 3 heteroatoms. The van der Waals surface area contributed by atoms with Crippen LogP contribution >= 0.6 is 11.6 Å². The molecule has 0 radical (unpaired) electrons. The minimum absolute atomic E-state index is 0.121. The van der Waals surface area contributed by atoms with Crippen LogP contribution in [0.1, 0.15) is 42.7 Å². The molecule has 2 atom stereocenters. The highest BCUT2D eigenvalue weighted by Gasteiger charge is 2.21. The highest BCUT2D eigenvalue weighted by Crippen LogP contribution is 2.34. The zero-order valence-electron chi connectivity index (χ0n) is 11.5. The maximum absolute atomic E-state index is 9.63.